The predicted octanol–water partition coefficient (Wildman–Crippen LogP) is 4.01. The fourth-order valence-corrected chi connectivity index (χ4v) is 5.58. The highest BCUT2D eigenvalue weighted by Gasteiger charge is 2.35. The maximum Gasteiger partial charge on any atom is 0.243 e. The van der Waals surface area contributed by atoms with E-state index < -0.39 is 10.0 Å². The Labute approximate surface area is 152 Å². The molecule has 1 saturated heterocycles. The molecule has 0 amide bonds. The lowest BCUT2D eigenvalue weighted by Gasteiger charge is -2.24. The van der Waals surface area contributed by atoms with Gasteiger partial charge in [-0.1, -0.05) is 18.2 Å². The van der Waals surface area contributed by atoms with Crippen LogP contribution in [0.4, 0.5) is 4.39 Å². The molecule has 1 aliphatic heterocycles. The second kappa shape index (κ2) is 6.52. The molecule has 1 atom stereocenters. The van der Waals surface area contributed by atoms with Crippen LogP contribution in [0.5, 0.6) is 0 Å². The van der Waals surface area contributed by atoms with Crippen LogP contribution in [-0.4, -0.2) is 30.3 Å². The quantitative estimate of drug-likeness (QED) is 0.752. The molecule has 0 bridgehead atoms. The van der Waals surface area contributed by atoms with Crippen LogP contribution in [-0.2, 0) is 16.4 Å². The van der Waals surface area contributed by atoms with Crippen molar-refractivity contribution in [2.45, 2.75) is 37.1 Å². The Kier molecular flexibility index (Phi) is 4.32. The number of sulfonamides is 1. The third kappa shape index (κ3) is 2.93. The van der Waals surface area contributed by atoms with Gasteiger partial charge in [0.1, 0.15) is 5.82 Å². The second-order valence-electron chi connectivity index (χ2n) is 6.89. The van der Waals surface area contributed by atoms with Crippen molar-refractivity contribution < 1.29 is 12.8 Å². The SMILES string of the molecule is Cc1cc(S(=O)(=O)N2CCCC2Cc2c[nH]c3ccccc23)ccc1F. The Morgan fingerprint density at radius 3 is 2.85 bits per heavy atom. The number of aromatic amines is 1. The van der Waals surface area contributed by atoms with Gasteiger partial charge in [0.15, 0.2) is 0 Å². The molecule has 1 aliphatic rings. The van der Waals surface area contributed by atoms with Crippen LogP contribution in [0.15, 0.2) is 53.6 Å². The van der Waals surface area contributed by atoms with E-state index >= 15 is 0 Å². The number of hydrogen-bond donors (Lipinski definition) is 1. The van der Waals surface area contributed by atoms with E-state index in [9.17, 15) is 12.8 Å². The molecule has 0 aliphatic carbocycles. The molecule has 6 heteroatoms. The van der Waals surface area contributed by atoms with Gasteiger partial charge < -0.3 is 4.98 Å². The Bertz CT molecular complexity index is 1060. The van der Waals surface area contributed by atoms with Crippen molar-refractivity contribution in [3.8, 4) is 0 Å². The molecule has 2 heterocycles. The summed E-state index contributed by atoms with van der Waals surface area (Å²) in [6.07, 6.45) is 4.31. The van der Waals surface area contributed by atoms with Crippen LogP contribution >= 0.6 is 0 Å². The molecule has 0 radical (unpaired) electrons. The molecule has 1 aromatic heterocycles. The highest BCUT2D eigenvalue weighted by atomic mass is 32.2. The van der Waals surface area contributed by atoms with Crippen LogP contribution in [0.3, 0.4) is 0 Å². The number of aryl methyl sites for hydroxylation is 1. The minimum Gasteiger partial charge on any atom is -0.361 e. The zero-order valence-corrected chi connectivity index (χ0v) is 15.4. The lowest BCUT2D eigenvalue weighted by atomic mass is 10.0. The van der Waals surface area contributed by atoms with E-state index in [1.54, 1.807) is 11.2 Å². The molecule has 1 N–H and O–H groups in total. The summed E-state index contributed by atoms with van der Waals surface area (Å²) in [5, 5.41) is 1.13. The molecular weight excluding hydrogens is 351 g/mol. The number of fused-ring (bicyclic) bond motifs is 1. The lowest BCUT2D eigenvalue weighted by Crippen LogP contribution is -2.36. The van der Waals surface area contributed by atoms with Crippen molar-refractivity contribution in [3.05, 3.63) is 65.6 Å². The maximum atomic E-state index is 13.5. The van der Waals surface area contributed by atoms with Crippen molar-refractivity contribution in [2.75, 3.05) is 6.54 Å². The lowest BCUT2D eigenvalue weighted by molar-refractivity contribution is 0.386. The summed E-state index contributed by atoms with van der Waals surface area (Å²) in [5.74, 6) is -0.388. The fourth-order valence-electron chi connectivity index (χ4n) is 3.80. The standard InChI is InChI=1S/C20H21FN2O2S/c1-14-11-17(8-9-19(14)21)26(24,25)23-10-4-5-16(23)12-15-13-22-20-7-3-2-6-18(15)20/h2-3,6-9,11,13,16,22H,4-5,10,12H2,1H3. The number of H-pyrrole nitrogens is 1. The van der Waals surface area contributed by atoms with Gasteiger partial charge in [-0.2, -0.15) is 4.31 Å². The zero-order chi connectivity index (χ0) is 18.3. The van der Waals surface area contributed by atoms with Gasteiger partial charge in [-0.05, 0) is 61.6 Å². The number of halogens is 1. The van der Waals surface area contributed by atoms with Gasteiger partial charge in [0.25, 0.3) is 0 Å². The van der Waals surface area contributed by atoms with Crippen LogP contribution in [0.2, 0.25) is 0 Å². The molecule has 1 unspecified atom stereocenters. The van der Waals surface area contributed by atoms with Crippen LogP contribution in [0.1, 0.15) is 24.0 Å². The van der Waals surface area contributed by atoms with Gasteiger partial charge in [0.05, 0.1) is 4.90 Å². The highest BCUT2D eigenvalue weighted by Crippen LogP contribution is 2.30. The van der Waals surface area contributed by atoms with E-state index in [1.165, 1.54) is 18.2 Å². The summed E-state index contributed by atoms with van der Waals surface area (Å²) in [6, 6.07) is 12.0. The normalized spacial score (nSPS) is 18.6. The number of hydrogen-bond acceptors (Lipinski definition) is 2. The monoisotopic (exact) mass is 372 g/mol. The average molecular weight is 372 g/mol. The Morgan fingerprint density at radius 1 is 1.23 bits per heavy atom. The van der Waals surface area contributed by atoms with E-state index in [0.717, 1.165) is 29.3 Å². The predicted molar refractivity (Wildman–Crippen MR) is 100 cm³/mol. The van der Waals surface area contributed by atoms with E-state index in [4.69, 9.17) is 0 Å². The van der Waals surface area contributed by atoms with Crippen LogP contribution in [0, 0.1) is 12.7 Å². The van der Waals surface area contributed by atoms with Gasteiger partial charge in [0, 0.05) is 29.7 Å². The molecule has 0 spiro atoms. The van der Waals surface area contributed by atoms with Gasteiger partial charge >= 0.3 is 0 Å². The van der Waals surface area contributed by atoms with Crippen LogP contribution in [0.25, 0.3) is 10.9 Å². The Balaban J connectivity index is 1.64. The number of aromatic nitrogens is 1. The minimum atomic E-state index is -3.63. The smallest absolute Gasteiger partial charge is 0.243 e. The summed E-state index contributed by atoms with van der Waals surface area (Å²) < 4.78 is 41.3. The van der Waals surface area contributed by atoms with E-state index in [-0.39, 0.29) is 16.8 Å². The van der Waals surface area contributed by atoms with Crippen molar-refractivity contribution >= 4 is 20.9 Å². The van der Waals surface area contributed by atoms with Gasteiger partial charge in [-0.15, -0.1) is 0 Å². The number of para-hydroxylation sites is 1. The first-order valence-corrected chi connectivity index (χ1v) is 10.2. The van der Waals surface area contributed by atoms with E-state index in [0.29, 0.717) is 18.5 Å². The van der Waals surface area contributed by atoms with Gasteiger partial charge in [-0.3, -0.25) is 0 Å². The maximum absolute atomic E-state index is 13.5. The van der Waals surface area contributed by atoms with Crippen molar-refractivity contribution in [2.24, 2.45) is 0 Å². The first-order valence-electron chi connectivity index (χ1n) is 8.80. The number of benzene rings is 2. The molecule has 2 aromatic carbocycles. The first kappa shape index (κ1) is 17.2. The highest BCUT2D eigenvalue weighted by molar-refractivity contribution is 7.89. The topological polar surface area (TPSA) is 53.2 Å². The summed E-state index contributed by atoms with van der Waals surface area (Å²) in [6.45, 7) is 2.09. The third-order valence-corrected chi connectivity index (χ3v) is 7.14. The third-order valence-electron chi connectivity index (χ3n) is 5.19. The van der Waals surface area contributed by atoms with Crippen LogP contribution < -0.4 is 0 Å². The largest absolute Gasteiger partial charge is 0.361 e. The molecule has 26 heavy (non-hydrogen) atoms. The van der Waals surface area contributed by atoms with Crippen molar-refractivity contribution in [1.29, 1.82) is 0 Å². The summed E-state index contributed by atoms with van der Waals surface area (Å²) in [4.78, 5) is 3.42. The Hall–Kier alpha value is -2.18. The molecule has 0 saturated carbocycles. The summed E-state index contributed by atoms with van der Waals surface area (Å²) >= 11 is 0. The van der Waals surface area contributed by atoms with Crippen molar-refractivity contribution in [3.63, 3.8) is 0 Å². The fraction of sp³-hybridized carbons (Fsp3) is 0.300. The number of rotatable bonds is 4. The minimum absolute atomic E-state index is 0.0791. The van der Waals surface area contributed by atoms with Gasteiger partial charge in [-0.25, -0.2) is 12.8 Å². The zero-order valence-electron chi connectivity index (χ0n) is 14.6. The molecule has 3 aromatic rings. The van der Waals surface area contributed by atoms with E-state index in [1.807, 2.05) is 24.4 Å². The second-order valence-corrected chi connectivity index (χ2v) is 8.78. The number of nitrogens with one attached hydrogen (secondary N) is 1. The molecule has 4 rings (SSSR count). The van der Waals surface area contributed by atoms with E-state index in [2.05, 4.69) is 11.1 Å². The summed E-state index contributed by atoms with van der Waals surface area (Å²) in [5.41, 5.74) is 2.53. The van der Waals surface area contributed by atoms with Gasteiger partial charge in [0.2, 0.25) is 10.0 Å². The Morgan fingerprint density at radius 2 is 2.04 bits per heavy atom. The first-order chi connectivity index (χ1) is 12.5. The molecular formula is C20H21FN2O2S. The molecule has 4 nitrogen and oxygen atoms in total. The average Bonchev–Trinajstić information content (AvgIpc) is 3.25. The molecule has 1 fully saturated rings. The summed E-state index contributed by atoms with van der Waals surface area (Å²) in [7, 11) is -3.63. The van der Waals surface area contributed by atoms with Crippen molar-refractivity contribution in [1.82, 2.24) is 9.29 Å². The number of nitrogens with zero attached hydrogens (tertiary/aromatic N) is 1. The molecule has 136 valence electrons.